The lowest BCUT2D eigenvalue weighted by molar-refractivity contribution is -0.688. The number of carbonyl (C=O) groups excluding carboxylic acids is 3. The average molecular weight is 1190 g/mol. The average Bonchev–Trinajstić information content (AvgIpc) is 4.14. The number of sulfonamides is 1. The van der Waals surface area contributed by atoms with Crippen LogP contribution in [0.2, 0.25) is 0 Å². The molecule has 4 heterocycles. The van der Waals surface area contributed by atoms with Gasteiger partial charge in [0.1, 0.15) is 42.0 Å². The molecule has 3 aromatic carbocycles. The number of nitrogens with zero attached hydrogens (tertiary/aromatic N) is 6. The number of nitrogens with one attached hydrogen (secondary N) is 5. The van der Waals surface area contributed by atoms with Gasteiger partial charge < -0.3 is 40.0 Å². The number of imidazole rings is 1. The van der Waals surface area contributed by atoms with Crippen LogP contribution in [0.1, 0.15) is 87.9 Å². The van der Waals surface area contributed by atoms with E-state index in [1.807, 2.05) is 123 Å². The molecule has 0 spiro atoms. The highest BCUT2D eigenvalue weighted by Gasteiger charge is 2.37. The number of allylic oxidation sites excluding steroid dienone is 2. The number of aromatic nitrogens is 3. The molecule has 2 atom stereocenters. The summed E-state index contributed by atoms with van der Waals surface area (Å²) in [6.07, 6.45) is 9.87. The van der Waals surface area contributed by atoms with Crippen LogP contribution in [-0.4, -0.2) is 125 Å². The molecule has 5 aromatic rings. The Labute approximate surface area is 492 Å². The van der Waals surface area contributed by atoms with E-state index in [9.17, 15) is 35.8 Å². The van der Waals surface area contributed by atoms with Crippen LogP contribution in [0, 0.1) is 16.6 Å². The topological polar surface area (TPSA) is 244 Å². The molecule has 1 radical (unpaired) electrons. The maximum absolute atomic E-state index is 14.6. The van der Waals surface area contributed by atoms with Crippen molar-refractivity contribution in [3.63, 3.8) is 0 Å². The quantitative estimate of drug-likeness (QED) is 0.0217. The van der Waals surface area contributed by atoms with E-state index in [0.29, 0.717) is 47.0 Å². The molecule has 83 heavy (non-hydrogen) atoms. The van der Waals surface area contributed by atoms with Gasteiger partial charge in [0.2, 0.25) is 34.1 Å². The van der Waals surface area contributed by atoms with Crippen LogP contribution in [0.25, 0.3) is 5.57 Å². The predicted octanol–water partition coefficient (Wildman–Crippen LogP) is 5.72. The van der Waals surface area contributed by atoms with E-state index >= 15 is 0 Å². The molecule has 1 fully saturated rings. The molecule has 6 N–H and O–H groups in total. The summed E-state index contributed by atoms with van der Waals surface area (Å²) in [4.78, 5) is 48.9. The lowest BCUT2D eigenvalue weighted by atomic mass is 9.87. The largest absolute Gasteiger partial charge is 0.456 e. The Kier molecular flexibility index (Phi) is 20.7. The van der Waals surface area contributed by atoms with Gasteiger partial charge in [0, 0.05) is 104 Å². The first kappa shape index (κ1) is 62.2. The molecule has 1 aliphatic carbocycles. The van der Waals surface area contributed by atoms with Crippen molar-refractivity contribution < 1.29 is 45.1 Å². The number of carbonyl (C=O) groups is 3. The Balaban J connectivity index is 1.00. The van der Waals surface area contributed by atoms with Gasteiger partial charge in [0.25, 0.3) is 10.1 Å². The second-order valence-corrected chi connectivity index (χ2v) is 25.4. The normalized spacial score (nSPS) is 15.6. The van der Waals surface area contributed by atoms with Crippen molar-refractivity contribution in [2.24, 2.45) is 20.0 Å². The summed E-state index contributed by atoms with van der Waals surface area (Å²) in [5.74, 6) is -0.229. The Morgan fingerprint density at radius 2 is 1.46 bits per heavy atom. The SMILES string of the molecule is CCN(CC)c1ccc2c(c1)Oc1cc(N(CC)CC)ccc1C2=C1C=CC(S(=O)(=O)NCCCC[C@H](NC(=O)Cc2csc(=N)n2C)C(=O)N[C@@H](Cc2c[n+](Cc3ccccc3)cn2C)C(=O)NCC2CCN(C)CC2)=C[C]1S(=O)(=O)O. The van der Waals surface area contributed by atoms with Crippen molar-refractivity contribution in [3.8, 4) is 11.5 Å². The van der Waals surface area contributed by atoms with Gasteiger partial charge in [-0.15, -0.1) is 11.3 Å². The molecule has 23 heteroatoms. The molecule has 0 bridgehead atoms. The van der Waals surface area contributed by atoms with Crippen LogP contribution in [-0.2, 0) is 68.0 Å². The van der Waals surface area contributed by atoms with E-state index in [2.05, 4.69) is 42.4 Å². The maximum Gasteiger partial charge on any atom is 0.281 e. The molecule has 3 amide bonds. The number of thiazole rings is 1. The number of hydrogen-bond donors (Lipinski definition) is 6. The minimum atomic E-state index is -5.05. The molecule has 3 aliphatic rings. The smallest absolute Gasteiger partial charge is 0.281 e. The number of rotatable bonds is 26. The number of hydrogen-bond acceptors (Lipinski definition) is 13. The third-order valence-corrected chi connectivity index (χ3v) is 19.0. The van der Waals surface area contributed by atoms with Crippen molar-refractivity contribution in [2.75, 3.05) is 69.2 Å². The van der Waals surface area contributed by atoms with Gasteiger partial charge in [0.05, 0.1) is 18.4 Å². The number of aryl methyl sites for hydroxylation is 1. The number of amides is 3. The van der Waals surface area contributed by atoms with Crippen LogP contribution < -0.4 is 44.6 Å². The summed E-state index contributed by atoms with van der Waals surface area (Å²) in [6.45, 7) is 13.9. The first-order valence-corrected chi connectivity index (χ1v) is 32.3. The molecule has 0 unspecified atom stereocenters. The Bertz CT molecular complexity index is 3460. The second-order valence-electron chi connectivity index (χ2n) is 21.4. The fourth-order valence-electron chi connectivity index (χ4n) is 10.8. The Morgan fingerprint density at radius 1 is 0.819 bits per heavy atom. The van der Waals surface area contributed by atoms with Gasteiger partial charge in [-0.05, 0) is 133 Å². The lowest BCUT2D eigenvalue weighted by Gasteiger charge is -2.30. The van der Waals surface area contributed by atoms with E-state index in [-0.39, 0.29) is 60.8 Å². The van der Waals surface area contributed by atoms with E-state index in [1.165, 1.54) is 23.5 Å². The Hall–Kier alpha value is -6.89. The first-order valence-electron chi connectivity index (χ1n) is 28.5. The zero-order chi connectivity index (χ0) is 59.6. The molecule has 2 aliphatic heterocycles. The van der Waals surface area contributed by atoms with Crippen LogP contribution in [0.4, 0.5) is 11.4 Å². The minimum Gasteiger partial charge on any atom is -0.456 e. The van der Waals surface area contributed by atoms with Crippen LogP contribution in [0.5, 0.6) is 11.5 Å². The summed E-state index contributed by atoms with van der Waals surface area (Å²) < 4.78 is 80.5. The summed E-state index contributed by atoms with van der Waals surface area (Å²) in [6, 6.07) is 19.1. The maximum atomic E-state index is 14.6. The van der Waals surface area contributed by atoms with Crippen molar-refractivity contribution in [1.29, 1.82) is 5.41 Å². The number of fused-ring (bicyclic) bond motifs is 2. The molecular weight excluding hydrogens is 1110 g/mol. The number of anilines is 2. The summed E-state index contributed by atoms with van der Waals surface area (Å²) in [5, 5.41) is 18.2. The van der Waals surface area contributed by atoms with Crippen molar-refractivity contribution in [1.82, 2.24) is 34.7 Å². The first-order chi connectivity index (χ1) is 39.7. The Morgan fingerprint density at radius 3 is 2.05 bits per heavy atom. The van der Waals surface area contributed by atoms with Crippen LogP contribution >= 0.6 is 11.3 Å². The van der Waals surface area contributed by atoms with Gasteiger partial charge in [-0.3, -0.25) is 24.3 Å². The summed E-state index contributed by atoms with van der Waals surface area (Å²) in [5.41, 5.74) is 5.87. The van der Waals surface area contributed by atoms with Crippen molar-refractivity contribution in [2.45, 2.75) is 91.3 Å². The third-order valence-electron chi connectivity index (χ3n) is 15.8. The summed E-state index contributed by atoms with van der Waals surface area (Å²) >= 11 is 1.17. The lowest BCUT2D eigenvalue weighted by Crippen LogP contribution is -2.55. The standard InChI is InChI=1S/C60H78N11O9S3/c1-8-70(9-2)43-20-23-48-53(32-43)80-54-33-44(71(10-3)11-4)21-24-49(54)57(48)50-25-22-47(35-55(50)83(77,78)79)82(75,76)63-28-16-15-19-51(64-56(72)34-46-39-81-60(61)68(46)7)59(74)65-52(58(73)62-36-41-26-29-66(5)30-27-41)31-45-38-69(40-67(45)6)37-42-17-13-12-14-18-42/h12-14,17-18,20-25,32-33,35,38-41,51-52,61,63H,8-11,15-16,19,26-31,34,36-37H2,1-7H3,(H3-,62,64,65,72,73,74,77,78,79)/p+1/t51-,52-/m0/s1. The number of likely N-dealkylation sites (tertiary alicyclic amines) is 1. The van der Waals surface area contributed by atoms with E-state index in [0.717, 1.165) is 80.8 Å². The third kappa shape index (κ3) is 15.5. The van der Waals surface area contributed by atoms with Gasteiger partial charge >= 0.3 is 0 Å². The van der Waals surface area contributed by atoms with Gasteiger partial charge in [-0.2, -0.15) is 8.42 Å². The highest BCUT2D eigenvalue weighted by molar-refractivity contribution is 7.93. The predicted molar refractivity (Wildman–Crippen MR) is 324 cm³/mol. The van der Waals surface area contributed by atoms with Crippen LogP contribution in [0.15, 0.2) is 113 Å². The number of piperidine rings is 1. The molecular formula is C60H79N11O9S3+. The van der Waals surface area contributed by atoms with E-state index in [1.54, 1.807) is 17.0 Å². The zero-order valence-electron chi connectivity index (χ0n) is 48.5. The van der Waals surface area contributed by atoms with E-state index in [4.69, 9.17) is 10.1 Å². The van der Waals surface area contributed by atoms with E-state index < -0.39 is 54.2 Å². The fourth-order valence-corrected chi connectivity index (χ4v) is 13.5. The second kappa shape index (κ2) is 27.7. The van der Waals surface area contributed by atoms with Crippen molar-refractivity contribution in [3.05, 3.63) is 151 Å². The highest BCUT2D eigenvalue weighted by atomic mass is 32.2. The molecule has 0 saturated carbocycles. The highest BCUT2D eigenvalue weighted by Crippen LogP contribution is 2.50. The zero-order valence-corrected chi connectivity index (χ0v) is 50.9. The van der Waals surface area contributed by atoms with Gasteiger partial charge in [-0.1, -0.05) is 36.4 Å². The molecule has 8 rings (SSSR count). The minimum absolute atomic E-state index is 0.0591. The number of ether oxygens (including phenoxy) is 1. The summed E-state index contributed by atoms with van der Waals surface area (Å²) in [7, 11) is -3.81. The fraction of sp³-hybridized carbons (Fsp3) is 0.433. The molecule has 20 nitrogen and oxygen atoms in total. The number of benzene rings is 3. The molecule has 2 aromatic heterocycles. The van der Waals surface area contributed by atoms with Gasteiger partial charge in [0.15, 0.2) is 10.1 Å². The van der Waals surface area contributed by atoms with Gasteiger partial charge in [-0.25, -0.2) is 22.3 Å². The molecule has 445 valence electrons. The monoisotopic (exact) mass is 1190 g/mol. The van der Waals surface area contributed by atoms with Crippen LogP contribution in [0.3, 0.4) is 0 Å². The van der Waals surface area contributed by atoms with Crippen molar-refractivity contribution >= 4 is 66.1 Å². The number of unbranched alkanes of at least 4 members (excludes halogenated alkanes) is 1. The molecule has 1 saturated heterocycles.